The SMILES string of the molecule is CC(C)(C)NCCNc1cccc2c1CCCC2. The van der Waals surface area contributed by atoms with Gasteiger partial charge in [-0.3, -0.25) is 0 Å². The van der Waals surface area contributed by atoms with Gasteiger partial charge in [0, 0.05) is 24.3 Å². The van der Waals surface area contributed by atoms with Crippen LogP contribution in [0.2, 0.25) is 0 Å². The van der Waals surface area contributed by atoms with Crippen molar-refractivity contribution in [2.75, 3.05) is 18.4 Å². The van der Waals surface area contributed by atoms with Gasteiger partial charge < -0.3 is 10.6 Å². The first kappa shape index (κ1) is 13.4. The number of nitrogens with one attached hydrogen (secondary N) is 2. The van der Waals surface area contributed by atoms with Gasteiger partial charge >= 0.3 is 0 Å². The van der Waals surface area contributed by atoms with E-state index >= 15 is 0 Å². The number of benzene rings is 1. The molecule has 0 fully saturated rings. The lowest BCUT2D eigenvalue weighted by molar-refractivity contribution is 0.435. The molecule has 2 heteroatoms. The smallest absolute Gasteiger partial charge is 0.0375 e. The summed E-state index contributed by atoms with van der Waals surface area (Å²) in [7, 11) is 0. The fraction of sp³-hybridized carbons (Fsp3) is 0.625. The van der Waals surface area contributed by atoms with E-state index in [2.05, 4.69) is 49.6 Å². The monoisotopic (exact) mass is 246 g/mol. The Balaban J connectivity index is 1.90. The molecule has 0 atom stereocenters. The van der Waals surface area contributed by atoms with Gasteiger partial charge in [0.1, 0.15) is 0 Å². The molecule has 0 saturated heterocycles. The summed E-state index contributed by atoms with van der Waals surface area (Å²) < 4.78 is 0. The zero-order valence-corrected chi connectivity index (χ0v) is 12.0. The summed E-state index contributed by atoms with van der Waals surface area (Å²) in [4.78, 5) is 0. The van der Waals surface area contributed by atoms with E-state index in [4.69, 9.17) is 0 Å². The highest BCUT2D eigenvalue weighted by Gasteiger charge is 2.12. The number of hydrogen-bond donors (Lipinski definition) is 2. The Morgan fingerprint density at radius 2 is 1.83 bits per heavy atom. The molecule has 2 N–H and O–H groups in total. The second-order valence-electron chi connectivity index (χ2n) is 6.25. The van der Waals surface area contributed by atoms with Gasteiger partial charge in [-0.25, -0.2) is 0 Å². The van der Waals surface area contributed by atoms with Gasteiger partial charge in [-0.05, 0) is 63.6 Å². The Kier molecular flexibility index (Phi) is 4.28. The molecule has 1 aromatic rings. The summed E-state index contributed by atoms with van der Waals surface area (Å²) in [5.41, 5.74) is 4.66. The van der Waals surface area contributed by atoms with Gasteiger partial charge in [0.25, 0.3) is 0 Å². The molecule has 0 saturated carbocycles. The topological polar surface area (TPSA) is 24.1 Å². The van der Waals surface area contributed by atoms with Crippen molar-refractivity contribution < 1.29 is 0 Å². The molecule has 18 heavy (non-hydrogen) atoms. The molecule has 0 heterocycles. The molecule has 0 aliphatic heterocycles. The first-order valence-corrected chi connectivity index (χ1v) is 7.16. The Morgan fingerprint density at radius 1 is 1.06 bits per heavy atom. The maximum absolute atomic E-state index is 3.58. The summed E-state index contributed by atoms with van der Waals surface area (Å²) in [5.74, 6) is 0. The van der Waals surface area contributed by atoms with E-state index in [1.54, 1.807) is 11.1 Å². The van der Waals surface area contributed by atoms with Crippen LogP contribution in [0, 0.1) is 0 Å². The van der Waals surface area contributed by atoms with Crippen LogP contribution < -0.4 is 10.6 Å². The van der Waals surface area contributed by atoms with E-state index in [1.807, 2.05) is 0 Å². The average Bonchev–Trinajstić information content (AvgIpc) is 2.33. The van der Waals surface area contributed by atoms with Crippen LogP contribution in [0.15, 0.2) is 18.2 Å². The normalized spacial score (nSPS) is 15.3. The molecule has 2 nitrogen and oxygen atoms in total. The highest BCUT2D eigenvalue weighted by Crippen LogP contribution is 2.27. The van der Waals surface area contributed by atoms with E-state index < -0.39 is 0 Å². The van der Waals surface area contributed by atoms with Gasteiger partial charge in [-0.2, -0.15) is 0 Å². The molecule has 100 valence electrons. The summed E-state index contributed by atoms with van der Waals surface area (Å²) in [6.45, 7) is 8.62. The molecule has 0 bridgehead atoms. The second kappa shape index (κ2) is 5.75. The first-order valence-electron chi connectivity index (χ1n) is 7.16. The van der Waals surface area contributed by atoms with Crippen LogP contribution in [-0.2, 0) is 12.8 Å². The minimum Gasteiger partial charge on any atom is -0.384 e. The van der Waals surface area contributed by atoms with Gasteiger partial charge in [0.05, 0.1) is 0 Å². The molecule has 1 aliphatic carbocycles. The molecule has 0 aromatic heterocycles. The number of rotatable bonds is 4. The minimum absolute atomic E-state index is 0.206. The minimum atomic E-state index is 0.206. The molecule has 0 radical (unpaired) electrons. The van der Waals surface area contributed by atoms with Crippen LogP contribution in [0.25, 0.3) is 0 Å². The second-order valence-corrected chi connectivity index (χ2v) is 6.25. The summed E-state index contributed by atoms with van der Waals surface area (Å²) in [6.07, 6.45) is 5.18. The van der Waals surface area contributed by atoms with E-state index in [9.17, 15) is 0 Å². The van der Waals surface area contributed by atoms with Crippen LogP contribution in [0.5, 0.6) is 0 Å². The predicted molar refractivity (Wildman–Crippen MR) is 79.3 cm³/mol. The van der Waals surface area contributed by atoms with Crippen LogP contribution in [0.4, 0.5) is 5.69 Å². The summed E-state index contributed by atoms with van der Waals surface area (Å²) in [5, 5.41) is 7.09. The number of aryl methyl sites for hydroxylation is 1. The standard InChI is InChI=1S/C16H26N2/c1-16(2,3)18-12-11-17-15-10-6-8-13-7-4-5-9-14(13)15/h6,8,10,17-18H,4-5,7,9,11-12H2,1-3H3. The highest BCUT2D eigenvalue weighted by molar-refractivity contribution is 5.55. The lowest BCUT2D eigenvalue weighted by atomic mass is 9.90. The third-order valence-corrected chi connectivity index (χ3v) is 3.49. The molecule has 0 spiro atoms. The highest BCUT2D eigenvalue weighted by atomic mass is 15.0. The molecule has 1 aliphatic rings. The number of fused-ring (bicyclic) bond motifs is 1. The van der Waals surface area contributed by atoms with E-state index in [0.29, 0.717) is 0 Å². The molecule has 0 unspecified atom stereocenters. The zero-order chi connectivity index (χ0) is 13.0. The lowest BCUT2D eigenvalue weighted by Crippen LogP contribution is -2.38. The van der Waals surface area contributed by atoms with Crippen molar-refractivity contribution in [2.45, 2.75) is 52.0 Å². The average molecular weight is 246 g/mol. The summed E-state index contributed by atoms with van der Waals surface area (Å²) in [6, 6.07) is 6.69. The van der Waals surface area contributed by atoms with Gasteiger partial charge in [0.2, 0.25) is 0 Å². The molecular formula is C16H26N2. The van der Waals surface area contributed by atoms with Crippen LogP contribution in [0.3, 0.4) is 0 Å². The van der Waals surface area contributed by atoms with Crippen molar-refractivity contribution in [1.82, 2.24) is 5.32 Å². The third kappa shape index (κ3) is 3.74. The van der Waals surface area contributed by atoms with Crippen molar-refractivity contribution in [3.05, 3.63) is 29.3 Å². The Hall–Kier alpha value is -1.02. The van der Waals surface area contributed by atoms with Crippen molar-refractivity contribution in [1.29, 1.82) is 0 Å². The number of hydrogen-bond acceptors (Lipinski definition) is 2. The van der Waals surface area contributed by atoms with Crippen molar-refractivity contribution >= 4 is 5.69 Å². The van der Waals surface area contributed by atoms with Gasteiger partial charge in [0.15, 0.2) is 0 Å². The molecule has 2 rings (SSSR count). The van der Waals surface area contributed by atoms with E-state index in [1.165, 1.54) is 31.4 Å². The largest absolute Gasteiger partial charge is 0.384 e. The quantitative estimate of drug-likeness (QED) is 0.796. The van der Waals surface area contributed by atoms with Crippen molar-refractivity contribution in [3.63, 3.8) is 0 Å². The van der Waals surface area contributed by atoms with Gasteiger partial charge in [-0.1, -0.05) is 12.1 Å². The van der Waals surface area contributed by atoms with Crippen molar-refractivity contribution in [2.24, 2.45) is 0 Å². The fourth-order valence-corrected chi connectivity index (χ4v) is 2.58. The molecular weight excluding hydrogens is 220 g/mol. The number of anilines is 1. The predicted octanol–water partition coefficient (Wildman–Crippen LogP) is 3.37. The van der Waals surface area contributed by atoms with Crippen molar-refractivity contribution in [3.8, 4) is 0 Å². The molecule has 1 aromatic carbocycles. The van der Waals surface area contributed by atoms with Crippen LogP contribution >= 0.6 is 0 Å². The van der Waals surface area contributed by atoms with Crippen LogP contribution in [0.1, 0.15) is 44.7 Å². The van der Waals surface area contributed by atoms with Crippen LogP contribution in [-0.4, -0.2) is 18.6 Å². The maximum atomic E-state index is 3.58. The maximum Gasteiger partial charge on any atom is 0.0375 e. The molecule has 0 amide bonds. The first-order chi connectivity index (χ1) is 8.56. The van der Waals surface area contributed by atoms with E-state index in [-0.39, 0.29) is 5.54 Å². The summed E-state index contributed by atoms with van der Waals surface area (Å²) >= 11 is 0. The Bertz CT molecular complexity index is 391. The lowest BCUT2D eigenvalue weighted by Gasteiger charge is -2.23. The zero-order valence-electron chi connectivity index (χ0n) is 12.0. The van der Waals surface area contributed by atoms with Gasteiger partial charge in [-0.15, -0.1) is 0 Å². The Labute approximate surface area is 111 Å². The Morgan fingerprint density at radius 3 is 2.61 bits per heavy atom. The van der Waals surface area contributed by atoms with E-state index in [0.717, 1.165) is 13.1 Å². The third-order valence-electron chi connectivity index (χ3n) is 3.49. The fourth-order valence-electron chi connectivity index (χ4n) is 2.58.